The maximum absolute atomic E-state index is 10.7. The van der Waals surface area contributed by atoms with E-state index in [0.29, 0.717) is 6.54 Å². The molecule has 0 saturated carbocycles. The molecule has 22 heavy (non-hydrogen) atoms. The fourth-order valence-electron chi connectivity index (χ4n) is 2.26. The minimum atomic E-state index is -0.382. The van der Waals surface area contributed by atoms with Crippen LogP contribution in [-0.2, 0) is 0 Å². The van der Waals surface area contributed by atoms with Crippen molar-refractivity contribution in [3.05, 3.63) is 69.8 Å². The first-order valence-electron chi connectivity index (χ1n) is 6.91. The van der Waals surface area contributed by atoms with Gasteiger partial charge in [-0.1, -0.05) is 42.1 Å². The molecule has 1 heterocycles. The van der Waals surface area contributed by atoms with Gasteiger partial charge in [0.1, 0.15) is 0 Å². The SMILES string of the molecule is Cc1ccccc1NC1=NC[C@H](c2ccc([N+](=O)[O-])cc2)S1. The number of hydrogen-bond acceptors (Lipinski definition) is 5. The molecule has 0 saturated heterocycles. The van der Waals surface area contributed by atoms with Crippen LogP contribution in [0.4, 0.5) is 11.4 Å². The summed E-state index contributed by atoms with van der Waals surface area (Å²) in [5, 5.41) is 15.1. The van der Waals surface area contributed by atoms with E-state index >= 15 is 0 Å². The highest BCUT2D eigenvalue weighted by molar-refractivity contribution is 8.14. The van der Waals surface area contributed by atoms with Gasteiger partial charge in [0, 0.05) is 17.8 Å². The molecule has 3 rings (SSSR count). The lowest BCUT2D eigenvalue weighted by Gasteiger charge is -2.10. The monoisotopic (exact) mass is 313 g/mol. The molecule has 0 aromatic heterocycles. The minimum Gasteiger partial charge on any atom is -0.335 e. The van der Waals surface area contributed by atoms with Crippen LogP contribution in [0.1, 0.15) is 16.4 Å². The van der Waals surface area contributed by atoms with Gasteiger partial charge < -0.3 is 5.32 Å². The van der Waals surface area contributed by atoms with E-state index in [0.717, 1.165) is 16.4 Å². The molecule has 0 aliphatic carbocycles. The van der Waals surface area contributed by atoms with Gasteiger partial charge in [0.25, 0.3) is 5.69 Å². The Bertz CT molecular complexity index is 728. The number of nitrogens with one attached hydrogen (secondary N) is 1. The van der Waals surface area contributed by atoms with Crippen LogP contribution in [0.15, 0.2) is 53.5 Å². The molecular weight excluding hydrogens is 298 g/mol. The zero-order valence-corrected chi connectivity index (χ0v) is 12.8. The number of nitro groups is 1. The highest BCUT2D eigenvalue weighted by Crippen LogP contribution is 2.36. The Balaban J connectivity index is 1.66. The second-order valence-corrected chi connectivity index (χ2v) is 6.23. The third-order valence-electron chi connectivity index (χ3n) is 3.52. The maximum Gasteiger partial charge on any atom is 0.269 e. The lowest BCUT2D eigenvalue weighted by Crippen LogP contribution is -2.06. The molecule has 0 radical (unpaired) electrons. The number of nitro benzene ring substituents is 1. The normalized spacial score (nSPS) is 17.1. The van der Waals surface area contributed by atoms with Crippen LogP contribution < -0.4 is 5.32 Å². The number of aryl methyl sites for hydroxylation is 1. The number of benzene rings is 2. The van der Waals surface area contributed by atoms with E-state index in [1.54, 1.807) is 23.9 Å². The molecule has 1 N–H and O–H groups in total. The standard InChI is InChI=1S/C16H15N3O2S/c1-11-4-2-3-5-14(11)18-16-17-10-15(22-16)12-6-8-13(9-7-12)19(20)21/h2-9,15H,10H2,1H3,(H,17,18)/t15-/m1/s1. The highest BCUT2D eigenvalue weighted by Gasteiger charge is 2.22. The Kier molecular flexibility index (Phi) is 4.11. The number of non-ortho nitro benzene ring substituents is 1. The molecule has 2 aromatic carbocycles. The lowest BCUT2D eigenvalue weighted by molar-refractivity contribution is -0.384. The van der Waals surface area contributed by atoms with Crippen LogP contribution in [0.5, 0.6) is 0 Å². The van der Waals surface area contributed by atoms with E-state index in [-0.39, 0.29) is 15.9 Å². The number of nitrogens with zero attached hydrogens (tertiary/aromatic N) is 2. The smallest absolute Gasteiger partial charge is 0.269 e. The van der Waals surface area contributed by atoms with Gasteiger partial charge in [0.2, 0.25) is 0 Å². The van der Waals surface area contributed by atoms with E-state index in [4.69, 9.17) is 0 Å². The van der Waals surface area contributed by atoms with Crippen molar-refractivity contribution in [1.29, 1.82) is 0 Å². The molecule has 112 valence electrons. The van der Waals surface area contributed by atoms with Gasteiger partial charge >= 0.3 is 0 Å². The summed E-state index contributed by atoms with van der Waals surface area (Å²) >= 11 is 1.65. The number of hydrogen-bond donors (Lipinski definition) is 1. The van der Waals surface area contributed by atoms with Crippen molar-refractivity contribution in [3.63, 3.8) is 0 Å². The van der Waals surface area contributed by atoms with E-state index in [1.165, 1.54) is 5.56 Å². The van der Waals surface area contributed by atoms with Gasteiger partial charge in [-0.05, 0) is 24.1 Å². The molecule has 6 heteroatoms. The number of anilines is 1. The van der Waals surface area contributed by atoms with Crippen LogP contribution in [-0.4, -0.2) is 16.6 Å². The molecular formula is C16H15N3O2S. The molecule has 1 atom stereocenters. The van der Waals surface area contributed by atoms with E-state index in [2.05, 4.69) is 23.3 Å². The first kappa shape index (κ1) is 14.6. The number of para-hydroxylation sites is 1. The van der Waals surface area contributed by atoms with Crippen LogP contribution in [0.25, 0.3) is 0 Å². The van der Waals surface area contributed by atoms with Gasteiger partial charge in [-0.15, -0.1) is 0 Å². The third-order valence-corrected chi connectivity index (χ3v) is 4.68. The summed E-state index contributed by atoms with van der Waals surface area (Å²) in [6.07, 6.45) is 0. The Morgan fingerprint density at radius 1 is 1.23 bits per heavy atom. The molecule has 0 unspecified atom stereocenters. The van der Waals surface area contributed by atoms with E-state index in [9.17, 15) is 10.1 Å². The van der Waals surface area contributed by atoms with E-state index in [1.807, 2.05) is 30.3 Å². The zero-order valence-electron chi connectivity index (χ0n) is 12.0. The molecule has 0 amide bonds. The summed E-state index contributed by atoms with van der Waals surface area (Å²) in [5.74, 6) is 0. The minimum absolute atomic E-state index is 0.117. The number of amidine groups is 1. The third kappa shape index (κ3) is 3.12. The average Bonchev–Trinajstić information content (AvgIpc) is 2.98. The summed E-state index contributed by atoms with van der Waals surface area (Å²) < 4.78 is 0. The van der Waals surface area contributed by atoms with Gasteiger partial charge in [0.05, 0.1) is 16.7 Å². The van der Waals surface area contributed by atoms with Crippen LogP contribution in [0.3, 0.4) is 0 Å². The number of rotatable bonds is 3. The number of thioether (sulfide) groups is 1. The Labute approximate surface area is 132 Å². The maximum atomic E-state index is 10.7. The molecule has 1 aliphatic rings. The molecule has 0 fully saturated rings. The summed E-state index contributed by atoms with van der Waals surface area (Å²) in [6.45, 7) is 2.73. The topological polar surface area (TPSA) is 67.5 Å². The van der Waals surface area contributed by atoms with Gasteiger partial charge in [-0.3, -0.25) is 15.1 Å². The van der Waals surface area contributed by atoms with E-state index < -0.39 is 0 Å². The van der Waals surface area contributed by atoms with Gasteiger partial charge in [-0.25, -0.2) is 0 Å². The average molecular weight is 313 g/mol. The van der Waals surface area contributed by atoms with Crippen molar-refractivity contribution in [2.24, 2.45) is 4.99 Å². The second-order valence-electron chi connectivity index (χ2n) is 5.04. The molecule has 1 aliphatic heterocycles. The van der Waals surface area contributed by atoms with Gasteiger partial charge in [-0.2, -0.15) is 0 Å². The Morgan fingerprint density at radius 2 is 1.95 bits per heavy atom. The van der Waals surface area contributed by atoms with Crippen molar-refractivity contribution in [2.75, 3.05) is 11.9 Å². The predicted molar refractivity (Wildman–Crippen MR) is 90.5 cm³/mol. The van der Waals surface area contributed by atoms with Crippen molar-refractivity contribution in [2.45, 2.75) is 12.2 Å². The summed E-state index contributed by atoms with van der Waals surface area (Å²) in [4.78, 5) is 14.8. The summed E-state index contributed by atoms with van der Waals surface area (Å²) in [7, 11) is 0. The Hall–Kier alpha value is -2.34. The predicted octanol–water partition coefficient (Wildman–Crippen LogP) is 4.16. The first-order chi connectivity index (χ1) is 10.6. The summed E-state index contributed by atoms with van der Waals surface area (Å²) in [6, 6.07) is 14.8. The quantitative estimate of drug-likeness (QED) is 0.682. The number of aliphatic imine (C=N–C) groups is 1. The summed E-state index contributed by atoms with van der Waals surface area (Å²) in [5.41, 5.74) is 3.40. The van der Waals surface area contributed by atoms with Crippen molar-refractivity contribution >= 4 is 28.3 Å². The first-order valence-corrected chi connectivity index (χ1v) is 7.79. The largest absolute Gasteiger partial charge is 0.335 e. The molecule has 0 spiro atoms. The molecule has 2 aromatic rings. The van der Waals surface area contributed by atoms with Crippen molar-refractivity contribution in [3.8, 4) is 0 Å². The lowest BCUT2D eigenvalue weighted by atomic mass is 10.1. The van der Waals surface area contributed by atoms with Crippen molar-refractivity contribution in [1.82, 2.24) is 0 Å². The highest BCUT2D eigenvalue weighted by atomic mass is 32.2. The molecule has 0 bridgehead atoms. The Morgan fingerprint density at radius 3 is 2.64 bits per heavy atom. The molecule has 5 nitrogen and oxygen atoms in total. The van der Waals surface area contributed by atoms with Gasteiger partial charge in [0.15, 0.2) is 5.17 Å². The van der Waals surface area contributed by atoms with Crippen LogP contribution in [0, 0.1) is 17.0 Å². The fraction of sp³-hybridized carbons (Fsp3) is 0.188. The van der Waals surface area contributed by atoms with Crippen LogP contribution >= 0.6 is 11.8 Å². The zero-order chi connectivity index (χ0) is 15.5. The van der Waals surface area contributed by atoms with Crippen molar-refractivity contribution < 1.29 is 4.92 Å². The second kappa shape index (κ2) is 6.19. The fourth-order valence-corrected chi connectivity index (χ4v) is 3.29. The van der Waals surface area contributed by atoms with Crippen LogP contribution in [0.2, 0.25) is 0 Å².